The van der Waals surface area contributed by atoms with Crippen LogP contribution < -0.4 is 5.73 Å². The molecule has 2 heterocycles. The largest absolute Gasteiger partial charge is 0.378 e. The van der Waals surface area contributed by atoms with Crippen molar-refractivity contribution in [3.05, 3.63) is 0 Å². The molecule has 0 aliphatic carbocycles. The number of likely N-dealkylation sites (tertiary alicyclic amines) is 2. The van der Waals surface area contributed by atoms with Gasteiger partial charge in [0.1, 0.15) is 0 Å². The SMILES string of the molecule is CC(C(=O)N1CCC(OCCCN)CC1)N1CCCCCC1. The minimum Gasteiger partial charge on any atom is -0.378 e. The molecular weight excluding hydrogens is 278 g/mol. The van der Waals surface area contributed by atoms with Gasteiger partial charge in [-0.15, -0.1) is 0 Å². The third-order valence-electron chi connectivity index (χ3n) is 5.00. The highest BCUT2D eigenvalue weighted by molar-refractivity contribution is 5.81. The molecule has 2 aliphatic heterocycles. The zero-order valence-corrected chi connectivity index (χ0v) is 14.1. The number of rotatable bonds is 6. The Morgan fingerprint density at radius 3 is 2.36 bits per heavy atom. The smallest absolute Gasteiger partial charge is 0.239 e. The van der Waals surface area contributed by atoms with Gasteiger partial charge in [0.15, 0.2) is 0 Å². The van der Waals surface area contributed by atoms with E-state index in [2.05, 4.69) is 11.8 Å². The molecule has 5 nitrogen and oxygen atoms in total. The molecule has 2 N–H and O–H groups in total. The molecule has 2 fully saturated rings. The fourth-order valence-corrected chi connectivity index (χ4v) is 3.48. The Morgan fingerprint density at radius 1 is 1.14 bits per heavy atom. The van der Waals surface area contributed by atoms with Crippen molar-refractivity contribution in [2.45, 2.75) is 64.0 Å². The van der Waals surface area contributed by atoms with E-state index in [0.29, 0.717) is 18.6 Å². The van der Waals surface area contributed by atoms with Crippen molar-refractivity contribution >= 4 is 5.91 Å². The number of hydrogen-bond acceptors (Lipinski definition) is 4. The Labute approximate surface area is 135 Å². The first-order valence-electron chi connectivity index (χ1n) is 9.07. The van der Waals surface area contributed by atoms with E-state index >= 15 is 0 Å². The van der Waals surface area contributed by atoms with Crippen LogP contribution in [0.15, 0.2) is 0 Å². The molecule has 0 bridgehead atoms. The van der Waals surface area contributed by atoms with Crippen LogP contribution in [0.4, 0.5) is 0 Å². The third kappa shape index (κ3) is 5.21. The maximum atomic E-state index is 12.7. The predicted molar refractivity (Wildman–Crippen MR) is 88.7 cm³/mol. The van der Waals surface area contributed by atoms with Crippen molar-refractivity contribution in [1.29, 1.82) is 0 Å². The molecule has 0 aromatic carbocycles. The molecule has 2 rings (SSSR count). The van der Waals surface area contributed by atoms with Gasteiger partial charge in [0.25, 0.3) is 0 Å². The first-order chi connectivity index (χ1) is 10.7. The summed E-state index contributed by atoms with van der Waals surface area (Å²) in [5.41, 5.74) is 5.48. The molecule has 2 saturated heterocycles. The Bertz CT molecular complexity index is 322. The van der Waals surface area contributed by atoms with E-state index in [0.717, 1.165) is 52.0 Å². The fraction of sp³-hybridized carbons (Fsp3) is 0.941. The van der Waals surface area contributed by atoms with Crippen molar-refractivity contribution in [3.63, 3.8) is 0 Å². The van der Waals surface area contributed by atoms with Crippen LogP contribution in [0.25, 0.3) is 0 Å². The molecule has 1 amide bonds. The van der Waals surface area contributed by atoms with Gasteiger partial charge in [0.05, 0.1) is 12.1 Å². The van der Waals surface area contributed by atoms with Gasteiger partial charge in [0, 0.05) is 19.7 Å². The first kappa shape index (κ1) is 17.7. The predicted octanol–water partition coefficient (Wildman–Crippen LogP) is 1.61. The van der Waals surface area contributed by atoms with E-state index in [1.807, 2.05) is 4.90 Å². The van der Waals surface area contributed by atoms with Crippen molar-refractivity contribution in [2.24, 2.45) is 5.73 Å². The normalized spacial score (nSPS) is 23.3. The maximum Gasteiger partial charge on any atom is 0.239 e. The molecule has 0 aromatic rings. The highest BCUT2D eigenvalue weighted by Crippen LogP contribution is 2.18. The van der Waals surface area contributed by atoms with Gasteiger partial charge in [-0.25, -0.2) is 0 Å². The van der Waals surface area contributed by atoms with Crippen LogP contribution in [0.3, 0.4) is 0 Å². The second kappa shape index (κ2) is 9.48. The van der Waals surface area contributed by atoms with Gasteiger partial charge in [-0.3, -0.25) is 9.69 Å². The lowest BCUT2D eigenvalue weighted by Crippen LogP contribution is -2.50. The molecule has 0 aromatic heterocycles. The zero-order chi connectivity index (χ0) is 15.8. The summed E-state index contributed by atoms with van der Waals surface area (Å²) in [6.07, 6.45) is 8.23. The average molecular weight is 311 g/mol. The minimum atomic E-state index is 0.0350. The summed E-state index contributed by atoms with van der Waals surface area (Å²) in [5, 5.41) is 0. The lowest BCUT2D eigenvalue weighted by molar-refractivity contribution is -0.139. The number of carbonyl (C=O) groups is 1. The third-order valence-corrected chi connectivity index (χ3v) is 5.00. The molecular formula is C17H33N3O2. The molecule has 1 atom stereocenters. The molecule has 1 unspecified atom stereocenters. The van der Waals surface area contributed by atoms with E-state index in [4.69, 9.17) is 10.5 Å². The molecule has 2 aliphatic rings. The van der Waals surface area contributed by atoms with Gasteiger partial charge in [-0.05, 0) is 58.7 Å². The number of nitrogens with zero attached hydrogens (tertiary/aromatic N) is 2. The summed E-state index contributed by atoms with van der Waals surface area (Å²) in [7, 11) is 0. The number of carbonyl (C=O) groups excluding carboxylic acids is 1. The van der Waals surface area contributed by atoms with Crippen molar-refractivity contribution in [2.75, 3.05) is 39.3 Å². The average Bonchev–Trinajstić information content (AvgIpc) is 2.84. The number of amides is 1. The van der Waals surface area contributed by atoms with Gasteiger partial charge < -0.3 is 15.4 Å². The number of ether oxygens (including phenoxy) is 1. The Kier molecular flexibility index (Phi) is 7.63. The topological polar surface area (TPSA) is 58.8 Å². The van der Waals surface area contributed by atoms with E-state index in [1.54, 1.807) is 0 Å². The lowest BCUT2D eigenvalue weighted by atomic mass is 10.1. The summed E-state index contributed by atoms with van der Waals surface area (Å²) in [5.74, 6) is 0.308. The summed E-state index contributed by atoms with van der Waals surface area (Å²) in [4.78, 5) is 17.1. The highest BCUT2D eigenvalue weighted by atomic mass is 16.5. The van der Waals surface area contributed by atoms with Crippen LogP contribution in [0.2, 0.25) is 0 Å². The van der Waals surface area contributed by atoms with Gasteiger partial charge in [-0.2, -0.15) is 0 Å². The maximum absolute atomic E-state index is 12.7. The van der Waals surface area contributed by atoms with Crippen LogP contribution in [-0.2, 0) is 9.53 Å². The van der Waals surface area contributed by atoms with Crippen LogP contribution >= 0.6 is 0 Å². The second-order valence-electron chi connectivity index (χ2n) is 6.66. The number of piperidine rings is 1. The van der Waals surface area contributed by atoms with Crippen LogP contribution in [0, 0.1) is 0 Å². The Hall–Kier alpha value is -0.650. The van der Waals surface area contributed by atoms with Gasteiger partial charge in [0.2, 0.25) is 5.91 Å². The van der Waals surface area contributed by atoms with Crippen LogP contribution in [0.5, 0.6) is 0 Å². The van der Waals surface area contributed by atoms with Gasteiger partial charge in [-0.1, -0.05) is 12.8 Å². The summed E-state index contributed by atoms with van der Waals surface area (Å²) in [6.45, 7) is 7.34. The highest BCUT2D eigenvalue weighted by Gasteiger charge is 2.29. The Morgan fingerprint density at radius 2 is 1.77 bits per heavy atom. The second-order valence-corrected chi connectivity index (χ2v) is 6.66. The fourth-order valence-electron chi connectivity index (χ4n) is 3.48. The minimum absolute atomic E-state index is 0.0350. The van der Waals surface area contributed by atoms with E-state index < -0.39 is 0 Å². The summed E-state index contributed by atoms with van der Waals surface area (Å²) in [6, 6.07) is 0.0350. The Balaban J connectivity index is 1.73. The summed E-state index contributed by atoms with van der Waals surface area (Å²) >= 11 is 0. The van der Waals surface area contributed by atoms with Crippen molar-refractivity contribution in [1.82, 2.24) is 9.80 Å². The molecule has 5 heteroatoms. The zero-order valence-electron chi connectivity index (χ0n) is 14.1. The lowest BCUT2D eigenvalue weighted by Gasteiger charge is -2.36. The molecule has 128 valence electrons. The monoisotopic (exact) mass is 311 g/mol. The van der Waals surface area contributed by atoms with Crippen molar-refractivity contribution < 1.29 is 9.53 Å². The number of nitrogens with two attached hydrogens (primary N) is 1. The first-order valence-corrected chi connectivity index (χ1v) is 9.07. The standard InChI is InChI=1S/C17H33N3O2/c1-15(19-10-4-2-3-5-11-19)17(21)20-12-7-16(8-13-20)22-14-6-9-18/h15-16H,2-14,18H2,1H3. The quantitative estimate of drug-likeness (QED) is 0.757. The molecule has 0 spiro atoms. The van der Waals surface area contributed by atoms with E-state index in [1.165, 1.54) is 25.7 Å². The van der Waals surface area contributed by atoms with Gasteiger partial charge >= 0.3 is 0 Å². The summed E-state index contributed by atoms with van der Waals surface area (Å²) < 4.78 is 5.82. The van der Waals surface area contributed by atoms with E-state index in [-0.39, 0.29) is 6.04 Å². The molecule has 0 radical (unpaired) electrons. The van der Waals surface area contributed by atoms with Crippen LogP contribution in [-0.4, -0.2) is 67.2 Å². The molecule has 22 heavy (non-hydrogen) atoms. The van der Waals surface area contributed by atoms with Crippen molar-refractivity contribution in [3.8, 4) is 0 Å². The molecule has 0 saturated carbocycles. The number of hydrogen-bond donors (Lipinski definition) is 1. The van der Waals surface area contributed by atoms with E-state index in [9.17, 15) is 4.79 Å². The van der Waals surface area contributed by atoms with Crippen LogP contribution in [0.1, 0.15) is 51.9 Å².